The Kier molecular flexibility index (Phi) is 5.30. The number of nitrogens with zero attached hydrogens (tertiary/aromatic N) is 3. The van der Waals surface area contributed by atoms with E-state index in [9.17, 15) is 9.59 Å². The fourth-order valence-electron chi connectivity index (χ4n) is 4.00. The summed E-state index contributed by atoms with van der Waals surface area (Å²) in [7, 11) is 0. The van der Waals surface area contributed by atoms with Gasteiger partial charge in [0.15, 0.2) is 0 Å². The Morgan fingerprint density at radius 2 is 1.61 bits per heavy atom. The number of carbonyl (C=O) groups is 2. The molecule has 28 heavy (non-hydrogen) atoms. The molecule has 2 fully saturated rings. The van der Waals surface area contributed by atoms with Gasteiger partial charge in [-0.15, -0.1) is 0 Å². The minimum absolute atomic E-state index is 0.148. The van der Waals surface area contributed by atoms with Crippen molar-refractivity contribution in [2.75, 3.05) is 42.6 Å². The first-order valence-electron chi connectivity index (χ1n) is 9.81. The molecule has 1 atom stereocenters. The third kappa shape index (κ3) is 3.47. The number of benzene rings is 2. The Morgan fingerprint density at radius 1 is 0.929 bits per heavy atom. The maximum absolute atomic E-state index is 13.1. The van der Waals surface area contributed by atoms with Crippen LogP contribution in [0.3, 0.4) is 0 Å². The maximum atomic E-state index is 13.1. The number of rotatable bonds is 5. The van der Waals surface area contributed by atoms with E-state index in [0.29, 0.717) is 18.0 Å². The van der Waals surface area contributed by atoms with Crippen molar-refractivity contribution in [3.63, 3.8) is 0 Å². The number of hydrogen-bond donors (Lipinski definition) is 0. The third-order valence-electron chi connectivity index (χ3n) is 5.41. The summed E-state index contributed by atoms with van der Waals surface area (Å²) in [4.78, 5) is 31.6. The van der Waals surface area contributed by atoms with Crippen LogP contribution in [0.4, 0.5) is 11.4 Å². The molecule has 2 amide bonds. The summed E-state index contributed by atoms with van der Waals surface area (Å²) in [6.07, 6.45) is 0.227. The lowest BCUT2D eigenvalue weighted by Gasteiger charge is -2.38. The van der Waals surface area contributed by atoms with Crippen molar-refractivity contribution < 1.29 is 14.3 Å². The number of anilines is 2. The van der Waals surface area contributed by atoms with E-state index in [1.54, 1.807) is 12.1 Å². The summed E-state index contributed by atoms with van der Waals surface area (Å²) in [5.74, 6) is 0.263. The molecule has 0 bridgehead atoms. The Bertz CT molecular complexity index is 847. The molecule has 0 saturated carbocycles. The number of hydrogen-bond acceptors (Lipinski definition) is 5. The first-order chi connectivity index (χ1) is 13.7. The van der Waals surface area contributed by atoms with E-state index in [1.165, 1.54) is 10.6 Å². The highest BCUT2D eigenvalue weighted by atomic mass is 16.5. The van der Waals surface area contributed by atoms with Gasteiger partial charge in [0.2, 0.25) is 5.91 Å². The summed E-state index contributed by atoms with van der Waals surface area (Å²) in [6, 6.07) is 17.1. The molecule has 2 aliphatic rings. The molecule has 2 heterocycles. The van der Waals surface area contributed by atoms with Crippen LogP contribution in [0.1, 0.15) is 13.3 Å². The molecular formula is C22H25N3O3. The van der Waals surface area contributed by atoms with Gasteiger partial charge in [-0.2, -0.15) is 0 Å². The highest BCUT2D eigenvalue weighted by Gasteiger charge is 2.44. The molecule has 0 aliphatic carbocycles. The van der Waals surface area contributed by atoms with Crippen molar-refractivity contribution in [3.8, 4) is 5.75 Å². The predicted molar refractivity (Wildman–Crippen MR) is 109 cm³/mol. The van der Waals surface area contributed by atoms with Crippen LogP contribution in [0.2, 0.25) is 0 Å². The fourth-order valence-corrected chi connectivity index (χ4v) is 4.00. The van der Waals surface area contributed by atoms with E-state index >= 15 is 0 Å². The number of amides is 2. The summed E-state index contributed by atoms with van der Waals surface area (Å²) in [5, 5.41) is 0. The van der Waals surface area contributed by atoms with Crippen LogP contribution in [0.5, 0.6) is 5.75 Å². The summed E-state index contributed by atoms with van der Waals surface area (Å²) in [6.45, 7) is 5.59. The van der Waals surface area contributed by atoms with Crippen LogP contribution in [-0.4, -0.2) is 55.5 Å². The zero-order valence-electron chi connectivity index (χ0n) is 16.1. The molecule has 0 spiro atoms. The average Bonchev–Trinajstić information content (AvgIpc) is 3.03. The fraction of sp³-hybridized carbons (Fsp3) is 0.364. The van der Waals surface area contributed by atoms with Crippen LogP contribution in [0.15, 0.2) is 54.6 Å². The molecule has 2 saturated heterocycles. The normalized spacial score (nSPS) is 20.7. The summed E-state index contributed by atoms with van der Waals surface area (Å²) < 4.78 is 5.62. The van der Waals surface area contributed by atoms with Crippen LogP contribution < -0.4 is 14.5 Å². The van der Waals surface area contributed by atoms with Gasteiger partial charge < -0.3 is 9.64 Å². The smallest absolute Gasteiger partial charge is 0.251 e. The van der Waals surface area contributed by atoms with Gasteiger partial charge in [0.1, 0.15) is 5.75 Å². The van der Waals surface area contributed by atoms with Crippen LogP contribution in [-0.2, 0) is 9.59 Å². The van der Waals surface area contributed by atoms with E-state index in [2.05, 4.69) is 21.9 Å². The molecule has 2 aromatic rings. The number of para-hydroxylation sites is 3. The predicted octanol–water partition coefficient (Wildman–Crippen LogP) is 2.54. The lowest BCUT2D eigenvalue weighted by molar-refractivity contribution is -0.123. The topological polar surface area (TPSA) is 53.1 Å². The van der Waals surface area contributed by atoms with E-state index in [0.717, 1.165) is 26.2 Å². The summed E-state index contributed by atoms with van der Waals surface area (Å²) in [5.41, 5.74) is 1.74. The average molecular weight is 379 g/mol. The molecular weight excluding hydrogens is 354 g/mol. The molecule has 0 N–H and O–H groups in total. The molecule has 6 heteroatoms. The Morgan fingerprint density at radius 3 is 2.32 bits per heavy atom. The Hall–Kier alpha value is -2.86. The van der Waals surface area contributed by atoms with Crippen molar-refractivity contribution in [2.24, 2.45) is 0 Å². The van der Waals surface area contributed by atoms with Gasteiger partial charge in [-0.05, 0) is 31.2 Å². The second kappa shape index (κ2) is 8.02. The quantitative estimate of drug-likeness (QED) is 0.748. The lowest BCUT2D eigenvalue weighted by atomic mass is 10.1. The highest BCUT2D eigenvalue weighted by Crippen LogP contribution is 2.33. The monoisotopic (exact) mass is 379 g/mol. The SMILES string of the molecule is CCOc1ccccc1N1C(=O)CC(N2CCN(c3ccccc3)CC2)C1=O. The van der Waals surface area contributed by atoms with Crippen molar-refractivity contribution in [3.05, 3.63) is 54.6 Å². The highest BCUT2D eigenvalue weighted by molar-refractivity contribution is 6.23. The van der Waals surface area contributed by atoms with Crippen molar-refractivity contribution in [1.82, 2.24) is 4.90 Å². The minimum atomic E-state index is -0.389. The second-order valence-electron chi connectivity index (χ2n) is 7.05. The van der Waals surface area contributed by atoms with Crippen LogP contribution in [0.25, 0.3) is 0 Å². The Labute approximate surface area is 165 Å². The van der Waals surface area contributed by atoms with Crippen molar-refractivity contribution in [2.45, 2.75) is 19.4 Å². The molecule has 0 aromatic heterocycles. The number of carbonyl (C=O) groups excluding carboxylic acids is 2. The van der Waals surface area contributed by atoms with Gasteiger partial charge in [0.25, 0.3) is 5.91 Å². The van der Waals surface area contributed by atoms with Gasteiger partial charge in [-0.1, -0.05) is 30.3 Å². The number of piperazine rings is 1. The minimum Gasteiger partial charge on any atom is -0.492 e. The van der Waals surface area contributed by atoms with Crippen molar-refractivity contribution >= 4 is 23.2 Å². The van der Waals surface area contributed by atoms with Gasteiger partial charge in [-0.3, -0.25) is 14.5 Å². The lowest BCUT2D eigenvalue weighted by Crippen LogP contribution is -2.52. The molecule has 2 aromatic carbocycles. The zero-order valence-corrected chi connectivity index (χ0v) is 16.1. The first kappa shape index (κ1) is 18.5. The molecule has 0 radical (unpaired) electrons. The molecule has 1 unspecified atom stereocenters. The van der Waals surface area contributed by atoms with Crippen LogP contribution in [0, 0.1) is 0 Å². The van der Waals surface area contributed by atoms with E-state index in [-0.39, 0.29) is 24.3 Å². The second-order valence-corrected chi connectivity index (χ2v) is 7.05. The van der Waals surface area contributed by atoms with Crippen LogP contribution >= 0.6 is 0 Å². The van der Waals surface area contributed by atoms with E-state index in [1.807, 2.05) is 37.3 Å². The molecule has 2 aliphatic heterocycles. The zero-order chi connectivity index (χ0) is 19.5. The van der Waals surface area contributed by atoms with Gasteiger partial charge in [0, 0.05) is 31.9 Å². The third-order valence-corrected chi connectivity index (χ3v) is 5.41. The van der Waals surface area contributed by atoms with Gasteiger partial charge in [0.05, 0.1) is 24.8 Å². The molecule has 6 nitrogen and oxygen atoms in total. The van der Waals surface area contributed by atoms with E-state index < -0.39 is 0 Å². The van der Waals surface area contributed by atoms with Gasteiger partial charge in [-0.25, -0.2) is 4.90 Å². The van der Waals surface area contributed by atoms with E-state index in [4.69, 9.17) is 4.74 Å². The molecule has 146 valence electrons. The number of imide groups is 1. The van der Waals surface area contributed by atoms with Gasteiger partial charge >= 0.3 is 0 Å². The molecule has 4 rings (SSSR count). The Balaban J connectivity index is 1.47. The maximum Gasteiger partial charge on any atom is 0.251 e. The van der Waals surface area contributed by atoms with Crippen molar-refractivity contribution in [1.29, 1.82) is 0 Å². The largest absolute Gasteiger partial charge is 0.492 e. The summed E-state index contributed by atoms with van der Waals surface area (Å²) >= 11 is 0. The number of ether oxygens (including phenoxy) is 1. The first-order valence-corrected chi connectivity index (χ1v) is 9.81. The standard InChI is InChI=1S/C22H25N3O3/c1-2-28-20-11-7-6-10-18(20)25-21(26)16-19(22(25)27)24-14-12-23(13-15-24)17-8-4-3-5-9-17/h3-11,19H,2,12-16H2,1H3.